The summed E-state index contributed by atoms with van der Waals surface area (Å²) in [5.41, 5.74) is 5.77. The number of nitrogens with one attached hydrogen (secondary N) is 1. The van der Waals surface area contributed by atoms with Crippen LogP contribution in [0.4, 0.5) is 5.69 Å². The molecule has 1 N–H and O–H groups in total. The van der Waals surface area contributed by atoms with Gasteiger partial charge in [-0.3, -0.25) is 4.79 Å². The molecule has 3 nitrogen and oxygen atoms in total. The average Bonchev–Trinajstić information content (AvgIpc) is 2.58. The number of benzene rings is 1. The monoisotopic (exact) mass is 396 g/mol. The van der Waals surface area contributed by atoms with Crippen molar-refractivity contribution in [3.63, 3.8) is 0 Å². The van der Waals surface area contributed by atoms with Crippen molar-refractivity contribution in [1.82, 2.24) is 5.32 Å². The van der Waals surface area contributed by atoms with E-state index in [9.17, 15) is 4.79 Å². The van der Waals surface area contributed by atoms with Crippen molar-refractivity contribution in [3.05, 3.63) is 34.9 Å². The Morgan fingerprint density at radius 3 is 2.38 bits per heavy atom. The minimum absolute atomic E-state index is 0.0578. The number of anilines is 1. The van der Waals surface area contributed by atoms with Crippen molar-refractivity contribution in [2.24, 2.45) is 17.3 Å². The van der Waals surface area contributed by atoms with Crippen molar-refractivity contribution in [2.75, 3.05) is 19.0 Å². The number of ketones is 1. The van der Waals surface area contributed by atoms with E-state index in [0.29, 0.717) is 17.6 Å². The first kappa shape index (κ1) is 21.9. The molecule has 0 spiro atoms. The largest absolute Gasteiger partial charge is 0.379 e. The molecule has 2 unspecified atom stereocenters. The molecule has 1 aromatic rings. The van der Waals surface area contributed by atoms with Crippen LogP contribution in [-0.2, 0) is 11.2 Å². The van der Waals surface area contributed by atoms with Crippen molar-refractivity contribution < 1.29 is 4.79 Å². The maximum absolute atomic E-state index is 13.7. The van der Waals surface area contributed by atoms with Gasteiger partial charge in [0.2, 0.25) is 0 Å². The van der Waals surface area contributed by atoms with Gasteiger partial charge in [0.05, 0.1) is 0 Å². The molecule has 2 atom stereocenters. The molecule has 0 radical (unpaired) electrons. The number of hydrogen-bond acceptors (Lipinski definition) is 3. The summed E-state index contributed by atoms with van der Waals surface area (Å²) in [5.74, 6) is 1.55. The number of fused-ring (bicyclic) bond motifs is 1. The Hall–Kier alpha value is -1.77. The van der Waals surface area contributed by atoms with Gasteiger partial charge in [0, 0.05) is 48.1 Å². The SMILES string of the molecule is CCC1(C(=O)/C=C2\NC(C)(C)Cc3cc(C)c(N(C)C)cc32)CC(C)CC(C)C1. The Morgan fingerprint density at radius 2 is 1.83 bits per heavy atom. The second kappa shape index (κ2) is 7.81. The third-order valence-corrected chi connectivity index (χ3v) is 7.06. The number of carbonyl (C=O) groups is 1. The van der Waals surface area contributed by atoms with Crippen LogP contribution < -0.4 is 10.2 Å². The van der Waals surface area contributed by atoms with Crippen molar-refractivity contribution in [3.8, 4) is 0 Å². The molecule has 1 aromatic carbocycles. The minimum Gasteiger partial charge on any atom is -0.379 e. The van der Waals surface area contributed by atoms with E-state index < -0.39 is 0 Å². The lowest BCUT2D eigenvalue weighted by molar-refractivity contribution is -0.127. The number of aryl methyl sites for hydroxylation is 1. The van der Waals surface area contributed by atoms with E-state index in [1.165, 1.54) is 28.8 Å². The Kier molecular flexibility index (Phi) is 5.91. The maximum atomic E-state index is 13.7. The lowest BCUT2D eigenvalue weighted by Gasteiger charge is -2.41. The zero-order chi connectivity index (χ0) is 21.6. The molecule has 3 rings (SSSR count). The van der Waals surface area contributed by atoms with Gasteiger partial charge in [-0.05, 0) is 81.9 Å². The van der Waals surface area contributed by atoms with Crippen molar-refractivity contribution >= 4 is 17.2 Å². The first-order chi connectivity index (χ1) is 13.5. The normalized spacial score (nSPS) is 29.9. The number of allylic oxidation sites excluding steroid dienone is 1. The van der Waals surface area contributed by atoms with Gasteiger partial charge in [-0.1, -0.05) is 26.8 Å². The summed E-state index contributed by atoms with van der Waals surface area (Å²) >= 11 is 0. The van der Waals surface area contributed by atoms with Gasteiger partial charge in [0.15, 0.2) is 5.78 Å². The van der Waals surface area contributed by atoms with Gasteiger partial charge < -0.3 is 10.2 Å². The summed E-state index contributed by atoms with van der Waals surface area (Å²) in [6.07, 6.45) is 7.12. The van der Waals surface area contributed by atoms with E-state index >= 15 is 0 Å². The topological polar surface area (TPSA) is 32.3 Å². The highest BCUT2D eigenvalue weighted by Gasteiger charge is 2.42. The predicted octanol–water partition coefficient (Wildman–Crippen LogP) is 5.75. The second-order valence-corrected chi connectivity index (χ2v) is 10.8. The Bertz CT molecular complexity index is 808. The van der Waals surface area contributed by atoms with Crippen molar-refractivity contribution in [2.45, 2.75) is 79.2 Å². The van der Waals surface area contributed by atoms with Crippen LogP contribution in [0.2, 0.25) is 0 Å². The van der Waals surface area contributed by atoms with E-state index in [2.05, 4.69) is 78.0 Å². The van der Waals surface area contributed by atoms with E-state index in [1.54, 1.807) is 0 Å². The molecule has 29 heavy (non-hydrogen) atoms. The van der Waals surface area contributed by atoms with Crippen LogP contribution >= 0.6 is 0 Å². The van der Waals surface area contributed by atoms with Gasteiger partial charge in [-0.25, -0.2) is 0 Å². The van der Waals surface area contributed by atoms with Gasteiger partial charge in [-0.2, -0.15) is 0 Å². The first-order valence-corrected chi connectivity index (χ1v) is 11.3. The quantitative estimate of drug-likeness (QED) is 0.658. The fourth-order valence-corrected chi connectivity index (χ4v) is 5.92. The number of rotatable bonds is 4. The molecule has 1 fully saturated rings. The van der Waals surface area contributed by atoms with Crippen LogP contribution in [0, 0.1) is 24.2 Å². The lowest BCUT2D eigenvalue weighted by atomic mass is 9.62. The Balaban J connectivity index is 2.06. The molecule has 0 bridgehead atoms. The molecular weight excluding hydrogens is 356 g/mol. The Labute approximate surface area is 178 Å². The first-order valence-electron chi connectivity index (χ1n) is 11.3. The van der Waals surface area contributed by atoms with E-state index in [0.717, 1.165) is 31.4 Å². The van der Waals surface area contributed by atoms with Crippen molar-refractivity contribution in [1.29, 1.82) is 0 Å². The summed E-state index contributed by atoms with van der Waals surface area (Å²) in [5, 5.41) is 3.69. The molecule has 1 heterocycles. The van der Waals surface area contributed by atoms with E-state index in [1.807, 2.05) is 6.08 Å². The highest BCUT2D eigenvalue weighted by molar-refractivity contribution is 6.01. The molecule has 0 aromatic heterocycles. The average molecular weight is 397 g/mol. The summed E-state index contributed by atoms with van der Waals surface area (Å²) in [4.78, 5) is 15.8. The van der Waals surface area contributed by atoms with Gasteiger partial charge in [0.25, 0.3) is 0 Å². The van der Waals surface area contributed by atoms with E-state index in [4.69, 9.17) is 0 Å². The van der Waals surface area contributed by atoms with E-state index in [-0.39, 0.29) is 11.0 Å². The summed E-state index contributed by atoms with van der Waals surface area (Å²) in [6.45, 7) is 13.4. The molecular formula is C26H40N2O. The summed E-state index contributed by atoms with van der Waals surface area (Å²) < 4.78 is 0. The number of carbonyl (C=O) groups excluding carboxylic acids is 1. The van der Waals surface area contributed by atoms with Crippen LogP contribution in [-0.4, -0.2) is 25.4 Å². The maximum Gasteiger partial charge on any atom is 0.163 e. The second-order valence-electron chi connectivity index (χ2n) is 10.8. The van der Waals surface area contributed by atoms with Crippen LogP contribution in [0.3, 0.4) is 0 Å². The fourth-order valence-electron chi connectivity index (χ4n) is 5.92. The number of hydrogen-bond donors (Lipinski definition) is 1. The van der Waals surface area contributed by atoms with Crippen LogP contribution in [0.5, 0.6) is 0 Å². The van der Waals surface area contributed by atoms with Gasteiger partial charge in [0.1, 0.15) is 0 Å². The smallest absolute Gasteiger partial charge is 0.163 e. The molecule has 1 aliphatic carbocycles. The zero-order valence-electron chi connectivity index (χ0n) is 19.8. The minimum atomic E-state index is -0.206. The summed E-state index contributed by atoms with van der Waals surface area (Å²) in [7, 11) is 4.17. The highest BCUT2D eigenvalue weighted by atomic mass is 16.1. The molecule has 0 saturated heterocycles. The molecule has 2 aliphatic rings. The molecule has 160 valence electrons. The van der Waals surface area contributed by atoms with Crippen LogP contribution in [0.25, 0.3) is 5.70 Å². The third-order valence-electron chi connectivity index (χ3n) is 7.06. The molecule has 3 heteroatoms. The fraction of sp³-hybridized carbons (Fsp3) is 0.654. The van der Waals surface area contributed by atoms with Crippen LogP contribution in [0.1, 0.15) is 77.0 Å². The summed E-state index contributed by atoms with van der Waals surface area (Å²) in [6, 6.07) is 4.57. The number of nitrogens with zero attached hydrogens (tertiary/aromatic N) is 1. The highest BCUT2D eigenvalue weighted by Crippen LogP contribution is 2.46. The van der Waals surface area contributed by atoms with Crippen LogP contribution in [0.15, 0.2) is 18.2 Å². The predicted molar refractivity (Wildman–Crippen MR) is 124 cm³/mol. The lowest BCUT2D eigenvalue weighted by Crippen LogP contribution is -2.44. The molecule has 0 amide bonds. The van der Waals surface area contributed by atoms with Gasteiger partial charge in [-0.15, -0.1) is 0 Å². The third kappa shape index (κ3) is 4.39. The standard InChI is InChI=1S/C26H40N2O/c1-9-26(14-17(2)10-18(3)15-26)24(29)13-22-21-12-23(28(7)8)19(4)11-20(21)16-25(5,6)27-22/h11-13,17-18,27H,9-10,14-16H2,1-8H3/b22-13-. The molecule has 1 aliphatic heterocycles. The Morgan fingerprint density at radius 1 is 1.21 bits per heavy atom. The zero-order valence-corrected chi connectivity index (χ0v) is 19.8. The molecule has 1 saturated carbocycles. The van der Waals surface area contributed by atoms with Gasteiger partial charge >= 0.3 is 0 Å².